The maximum atomic E-state index is 12.8. The molecule has 0 unspecified atom stereocenters. The van der Waals surface area contributed by atoms with Crippen LogP contribution in [0, 0.1) is 0 Å². The Hall–Kier alpha value is -1.25. The molecule has 0 atom stereocenters. The van der Waals surface area contributed by atoms with E-state index < -0.39 is 11.7 Å². The topological polar surface area (TPSA) is 41.6 Å². The van der Waals surface area contributed by atoms with Gasteiger partial charge in [0.1, 0.15) is 0 Å². The molecule has 156 valence electrons. The molecule has 1 heterocycles. The van der Waals surface area contributed by atoms with Gasteiger partial charge in [-0.05, 0) is 31.0 Å². The van der Waals surface area contributed by atoms with E-state index in [-0.39, 0.29) is 17.2 Å². The van der Waals surface area contributed by atoms with E-state index in [1.165, 1.54) is 12.5 Å². The normalized spacial score (nSPS) is 20.7. The van der Waals surface area contributed by atoms with Gasteiger partial charge < -0.3 is 10.1 Å². The molecule has 0 radical (unpaired) electrons. The fraction of sp³-hybridized carbons (Fsp3) is 0.650. The predicted molar refractivity (Wildman–Crippen MR) is 103 cm³/mol. The fourth-order valence-electron chi connectivity index (χ4n) is 4.08. The Kier molecular flexibility index (Phi) is 7.28. The Morgan fingerprint density at radius 3 is 2.57 bits per heavy atom. The molecule has 4 nitrogen and oxygen atoms in total. The van der Waals surface area contributed by atoms with E-state index in [0.29, 0.717) is 11.4 Å². The van der Waals surface area contributed by atoms with Crippen molar-refractivity contribution in [3.63, 3.8) is 0 Å². The number of hydrogen-bond donors (Lipinski definition) is 1. The Labute approximate surface area is 168 Å². The molecule has 1 aromatic carbocycles. The third kappa shape index (κ3) is 5.64. The standard InChI is InChI=1S/C20H27F3N2O2S/c21-20(22,23)16-5-4-6-17(13-16)28-14-18(26)24-15-19(7-2-1-3-8-19)25-9-11-27-12-10-25/h4-6,13H,1-3,7-12,14-15H2,(H,24,26). The molecule has 28 heavy (non-hydrogen) atoms. The highest BCUT2D eigenvalue weighted by atomic mass is 32.2. The monoisotopic (exact) mass is 416 g/mol. The van der Waals surface area contributed by atoms with Crippen molar-refractivity contribution in [2.45, 2.75) is 48.7 Å². The maximum Gasteiger partial charge on any atom is 0.416 e. The van der Waals surface area contributed by atoms with Crippen molar-refractivity contribution in [1.29, 1.82) is 0 Å². The minimum atomic E-state index is -4.37. The van der Waals surface area contributed by atoms with Crippen LogP contribution in [-0.4, -0.2) is 54.9 Å². The lowest BCUT2D eigenvalue weighted by atomic mass is 9.79. The second kappa shape index (κ2) is 9.50. The summed E-state index contributed by atoms with van der Waals surface area (Å²) in [5.74, 6) is -0.0267. The average Bonchev–Trinajstić information content (AvgIpc) is 2.72. The zero-order valence-electron chi connectivity index (χ0n) is 15.9. The first-order chi connectivity index (χ1) is 13.4. The van der Waals surface area contributed by atoms with Crippen LogP contribution in [0.15, 0.2) is 29.2 Å². The average molecular weight is 417 g/mol. The number of alkyl halides is 3. The largest absolute Gasteiger partial charge is 0.416 e. The van der Waals surface area contributed by atoms with E-state index in [1.54, 1.807) is 6.07 Å². The van der Waals surface area contributed by atoms with Gasteiger partial charge in [-0.2, -0.15) is 13.2 Å². The van der Waals surface area contributed by atoms with Crippen LogP contribution in [0.1, 0.15) is 37.7 Å². The number of benzene rings is 1. The summed E-state index contributed by atoms with van der Waals surface area (Å²) in [5, 5.41) is 3.04. The minimum absolute atomic E-state index is 0.0153. The smallest absolute Gasteiger partial charge is 0.379 e. The van der Waals surface area contributed by atoms with E-state index >= 15 is 0 Å². The van der Waals surface area contributed by atoms with Crippen LogP contribution in [0.25, 0.3) is 0 Å². The molecular weight excluding hydrogens is 389 g/mol. The summed E-state index contributed by atoms with van der Waals surface area (Å²) in [7, 11) is 0. The molecule has 1 saturated carbocycles. The Bertz CT molecular complexity index is 657. The van der Waals surface area contributed by atoms with Crippen LogP contribution < -0.4 is 5.32 Å². The van der Waals surface area contributed by atoms with Crippen molar-refractivity contribution < 1.29 is 22.7 Å². The molecule has 3 rings (SSSR count). The van der Waals surface area contributed by atoms with Crippen molar-refractivity contribution in [1.82, 2.24) is 10.2 Å². The molecule has 0 spiro atoms. The number of carbonyl (C=O) groups excluding carboxylic acids is 1. The number of ether oxygens (including phenoxy) is 1. The third-order valence-corrected chi connectivity index (χ3v) is 6.61. The van der Waals surface area contributed by atoms with E-state index in [1.807, 2.05) is 0 Å². The zero-order valence-corrected chi connectivity index (χ0v) is 16.7. The molecular formula is C20H27F3N2O2S. The predicted octanol–water partition coefficient (Wildman–Crippen LogP) is 3.95. The van der Waals surface area contributed by atoms with Gasteiger partial charge in [0.25, 0.3) is 0 Å². The number of nitrogens with one attached hydrogen (secondary N) is 1. The SMILES string of the molecule is O=C(CSc1cccc(C(F)(F)F)c1)NCC1(N2CCOCC2)CCCCC1. The van der Waals surface area contributed by atoms with Gasteiger partial charge in [0.05, 0.1) is 24.5 Å². The van der Waals surface area contributed by atoms with Gasteiger partial charge in [-0.25, -0.2) is 0 Å². The maximum absolute atomic E-state index is 12.8. The summed E-state index contributed by atoms with van der Waals surface area (Å²) in [6.07, 6.45) is 1.30. The fourth-order valence-corrected chi connectivity index (χ4v) is 4.86. The van der Waals surface area contributed by atoms with Gasteiger partial charge in [-0.15, -0.1) is 11.8 Å². The Balaban J connectivity index is 1.53. The summed E-state index contributed by atoms with van der Waals surface area (Å²) in [6, 6.07) is 5.11. The Morgan fingerprint density at radius 2 is 1.89 bits per heavy atom. The molecule has 1 aliphatic heterocycles. The second-order valence-corrected chi connectivity index (χ2v) is 8.52. The number of thioether (sulfide) groups is 1. The van der Waals surface area contributed by atoms with Gasteiger partial charge in [0, 0.05) is 30.1 Å². The number of morpholine rings is 1. The number of amides is 1. The lowest BCUT2D eigenvalue weighted by Gasteiger charge is -2.48. The highest BCUT2D eigenvalue weighted by molar-refractivity contribution is 8.00. The summed E-state index contributed by atoms with van der Waals surface area (Å²) in [4.78, 5) is 15.3. The third-order valence-electron chi connectivity index (χ3n) is 5.61. The summed E-state index contributed by atoms with van der Waals surface area (Å²) in [6.45, 7) is 3.81. The van der Waals surface area contributed by atoms with Crippen LogP contribution >= 0.6 is 11.8 Å². The number of carbonyl (C=O) groups is 1. The molecule has 1 N–H and O–H groups in total. The second-order valence-electron chi connectivity index (χ2n) is 7.48. The van der Waals surface area contributed by atoms with E-state index in [9.17, 15) is 18.0 Å². The molecule has 1 aliphatic carbocycles. The first-order valence-electron chi connectivity index (χ1n) is 9.79. The van der Waals surface area contributed by atoms with Crippen LogP contribution in [-0.2, 0) is 15.7 Å². The summed E-state index contributed by atoms with van der Waals surface area (Å²) in [5.41, 5.74) is -0.704. The Morgan fingerprint density at radius 1 is 1.18 bits per heavy atom. The molecule has 1 amide bonds. The van der Waals surface area contributed by atoms with Gasteiger partial charge >= 0.3 is 6.18 Å². The van der Waals surface area contributed by atoms with Gasteiger partial charge in [0.2, 0.25) is 5.91 Å². The van der Waals surface area contributed by atoms with Crippen LogP contribution in [0.2, 0.25) is 0 Å². The molecule has 0 aromatic heterocycles. The summed E-state index contributed by atoms with van der Waals surface area (Å²) >= 11 is 1.13. The van der Waals surface area contributed by atoms with E-state index in [2.05, 4.69) is 10.2 Å². The first-order valence-corrected chi connectivity index (χ1v) is 10.8. The molecule has 0 bridgehead atoms. The lowest BCUT2D eigenvalue weighted by Crippen LogP contribution is -2.59. The number of nitrogens with zero attached hydrogens (tertiary/aromatic N) is 1. The lowest BCUT2D eigenvalue weighted by molar-refractivity contribution is -0.137. The zero-order chi connectivity index (χ0) is 20.0. The van der Waals surface area contributed by atoms with Crippen LogP contribution in [0.3, 0.4) is 0 Å². The highest BCUT2D eigenvalue weighted by Crippen LogP contribution is 2.34. The van der Waals surface area contributed by atoms with Gasteiger partial charge in [-0.3, -0.25) is 9.69 Å². The van der Waals surface area contributed by atoms with Crippen molar-refractivity contribution in [2.24, 2.45) is 0 Å². The van der Waals surface area contributed by atoms with E-state index in [0.717, 1.165) is 75.9 Å². The highest BCUT2D eigenvalue weighted by Gasteiger charge is 2.38. The number of rotatable bonds is 6. The van der Waals surface area contributed by atoms with Crippen LogP contribution in [0.5, 0.6) is 0 Å². The molecule has 1 saturated heterocycles. The first kappa shape index (κ1) is 21.5. The quantitative estimate of drug-likeness (QED) is 0.713. The van der Waals surface area contributed by atoms with Crippen molar-refractivity contribution >= 4 is 17.7 Å². The molecule has 8 heteroatoms. The number of hydrogen-bond acceptors (Lipinski definition) is 4. The molecule has 2 fully saturated rings. The van der Waals surface area contributed by atoms with Gasteiger partial charge in [-0.1, -0.05) is 25.3 Å². The van der Waals surface area contributed by atoms with Crippen molar-refractivity contribution in [3.8, 4) is 0 Å². The minimum Gasteiger partial charge on any atom is -0.379 e. The van der Waals surface area contributed by atoms with Crippen LogP contribution in [0.4, 0.5) is 13.2 Å². The van der Waals surface area contributed by atoms with Crippen molar-refractivity contribution in [3.05, 3.63) is 29.8 Å². The number of halogens is 3. The van der Waals surface area contributed by atoms with Crippen molar-refractivity contribution in [2.75, 3.05) is 38.6 Å². The van der Waals surface area contributed by atoms with Gasteiger partial charge in [0.15, 0.2) is 0 Å². The molecule has 2 aliphatic rings. The summed E-state index contributed by atoms with van der Waals surface area (Å²) < 4.78 is 43.9. The van der Waals surface area contributed by atoms with E-state index in [4.69, 9.17) is 4.74 Å². The molecule has 1 aromatic rings.